The van der Waals surface area contributed by atoms with Gasteiger partial charge in [0.25, 0.3) is 0 Å². The Kier molecular flexibility index (Phi) is 17.8. The summed E-state index contributed by atoms with van der Waals surface area (Å²) in [5.41, 5.74) is 11.5. The smallest absolute Gasteiger partial charge is 0.231 e. The average Bonchev–Trinajstić information content (AvgIpc) is 2.95. The van der Waals surface area contributed by atoms with E-state index in [1.807, 2.05) is 38.0 Å². The summed E-state index contributed by atoms with van der Waals surface area (Å²) in [5, 5.41) is 13.5. The van der Waals surface area contributed by atoms with Gasteiger partial charge in [0.1, 0.15) is 0 Å². The average molecular weight is 589 g/mol. The van der Waals surface area contributed by atoms with Crippen molar-refractivity contribution in [2.45, 2.75) is 77.0 Å². The van der Waals surface area contributed by atoms with Crippen molar-refractivity contribution in [1.82, 2.24) is 40.5 Å². The molecule has 14 nitrogen and oxygen atoms in total. The van der Waals surface area contributed by atoms with E-state index < -0.39 is 0 Å². The van der Waals surface area contributed by atoms with Gasteiger partial charge in [-0.1, -0.05) is 51.4 Å². The highest BCUT2D eigenvalue weighted by Gasteiger charge is 2.06. The van der Waals surface area contributed by atoms with Gasteiger partial charge in [-0.05, 0) is 51.9 Å². The zero-order valence-corrected chi connectivity index (χ0v) is 26.5. The second kappa shape index (κ2) is 21.4. The molecule has 0 atom stereocenters. The van der Waals surface area contributed by atoms with Crippen molar-refractivity contribution in [3.63, 3.8) is 0 Å². The zero-order chi connectivity index (χ0) is 30.4. The Balaban J connectivity index is 1.28. The Morgan fingerprint density at radius 1 is 0.429 bits per heavy atom. The Labute approximate surface area is 252 Å². The summed E-state index contributed by atoms with van der Waals surface area (Å²) in [7, 11) is 7.53. The van der Waals surface area contributed by atoms with E-state index in [1.54, 1.807) is 0 Å². The summed E-state index contributed by atoms with van der Waals surface area (Å²) < 4.78 is 0. The van der Waals surface area contributed by atoms with Gasteiger partial charge in [-0.15, -0.1) is 0 Å². The molecule has 0 fully saturated rings. The molecule has 8 N–H and O–H groups in total. The lowest BCUT2D eigenvalue weighted by molar-refractivity contribution is 0.532. The number of nitrogens with two attached hydrogens (primary N) is 2. The van der Waals surface area contributed by atoms with E-state index in [4.69, 9.17) is 11.5 Å². The molecule has 0 aliphatic carbocycles. The van der Waals surface area contributed by atoms with Gasteiger partial charge in [0.05, 0.1) is 0 Å². The quantitative estimate of drug-likeness (QED) is 0.0930. The van der Waals surface area contributed by atoms with Gasteiger partial charge >= 0.3 is 0 Å². The van der Waals surface area contributed by atoms with Crippen molar-refractivity contribution in [2.24, 2.45) is 0 Å². The minimum atomic E-state index is 0.235. The van der Waals surface area contributed by atoms with Crippen molar-refractivity contribution < 1.29 is 0 Å². The number of unbranched alkanes of at least 4 members (excludes halogenated alkanes) is 9. The highest BCUT2D eigenvalue weighted by Crippen LogP contribution is 2.11. The number of hydrogen-bond donors (Lipinski definition) is 6. The normalized spacial score (nSPS) is 11.0. The maximum Gasteiger partial charge on any atom is 0.231 e. The van der Waals surface area contributed by atoms with E-state index in [9.17, 15) is 0 Å². The SMILES string of the molecule is CN(C)c1nc(N)nc(NCCCNCCCCCCCCCCCCNCCCNc2nc(N)nc(N(C)C)n2)n1. The van der Waals surface area contributed by atoms with Gasteiger partial charge in [-0.2, -0.15) is 29.9 Å². The molecule has 2 heterocycles. The molecule has 0 aliphatic rings. The largest absolute Gasteiger partial charge is 0.368 e. The van der Waals surface area contributed by atoms with Crippen LogP contribution in [0, 0.1) is 0 Å². The van der Waals surface area contributed by atoms with Crippen LogP contribution >= 0.6 is 0 Å². The second-order valence-electron chi connectivity index (χ2n) is 11.0. The Hall–Kier alpha value is -3.26. The predicted molar refractivity (Wildman–Crippen MR) is 175 cm³/mol. The standard InChI is InChI=1S/C28H56N14/c1-41(2)27-37-23(29)35-25(39-27)33-21-15-19-31-17-13-11-9-7-5-6-8-10-12-14-18-32-20-16-22-34-26-36-24(30)38-28(40-26)42(3)4/h31-32H,5-22H2,1-4H3,(H3,29,33,35,37,39)(H3,30,34,36,38,40). The highest BCUT2D eigenvalue weighted by molar-refractivity contribution is 5.41. The number of hydrogen-bond acceptors (Lipinski definition) is 14. The van der Waals surface area contributed by atoms with Crippen LogP contribution in [0.5, 0.6) is 0 Å². The molecule has 2 rings (SSSR count). The summed E-state index contributed by atoms with van der Waals surface area (Å²) in [4.78, 5) is 28.8. The van der Waals surface area contributed by atoms with Crippen LogP contribution in [0.25, 0.3) is 0 Å². The lowest BCUT2D eigenvalue weighted by Crippen LogP contribution is -2.20. The lowest BCUT2D eigenvalue weighted by atomic mass is 10.1. The summed E-state index contributed by atoms with van der Waals surface area (Å²) in [5.74, 6) is 2.66. The third-order valence-corrected chi connectivity index (χ3v) is 6.67. The summed E-state index contributed by atoms with van der Waals surface area (Å²) in [6.45, 7) is 5.74. The van der Waals surface area contributed by atoms with Crippen LogP contribution in [0.1, 0.15) is 77.0 Å². The Morgan fingerprint density at radius 3 is 1.12 bits per heavy atom. The third-order valence-electron chi connectivity index (χ3n) is 6.67. The first-order chi connectivity index (χ1) is 20.3. The van der Waals surface area contributed by atoms with Gasteiger partial charge in [-0.25, -0.2) is 0 Å². The lowest BCUT2D eigenvalue weighted by Gasteiger charge is -2.12. The van der Waals surface area contributed by atoms with Crippen molar-refractivity contribution in [3.8, 4) is 0 Å². The molecule has 2 aromatic heterocycles. The fourth-order valence-electron chi connectivity index (χ4n) is 4.31. The maximum atomic E-state index is 5.75. The van der Waals surface area contributed by atoms with E-state index in [-0.39, 0.29) is 11.9 Å². The van der Waals surface area contributed by atoms with E-state index >= 15 is 0 Å². The molecule has 0 radical (unpaired) electrons. The minimum absolute atomic E-state index is 0.235. The van der Waals surface area contributed by atoms with Crippen LogP contribution in [-0.4, -0.2) is 97.4 Å². The monoisotopic (exact) mass is 588 g/mol. The number of nitrogen functional groups attached to an aromatic ring is 2. The molecule has 0 aromatic carbocycles. The van der Waals surface area contributed by atoms with Crippen LogP contribution in [0.4, 0.5) is 35.7 Å². The Morgan fingerprint density at radius 2 is 0.762 bits per heavy atom. The third kappa shape index (κ3) is 16.2. The minimum Gasteiger partial charge on any atom is -0.368 e. The van der Waals surface area contributed by atoms with Gasteiger partial charge in [0.15, 0.2) is 0 Å². The van der Waals surface area contributed by atoms with Crippen LogP contribution < -0.4 is 42.5 Å². The van der Waals surface area contributed by atoms with Crippen LogP contribution in [0.15, 0.2) is 0 Å². The van der Waals surface area contributed by atoms with Crippen molar-refractivity contribution in [2.75, 3.05) is 99.4 Å². The first-order valence-electron chi connectivity index (χ1n) is 15.6. The number of nitrogens with zero attached hydrogens (tertiary/aromatic N) is 8. The number of nitrogens with one attached hydrogen (secondary N) is 4. The fraction of sp³-hybridized carbons (Fsp3) is 0.786. The zero-order valence-electron chi connectivity index (χ0n) is 26.5. The molecule has 0 bridgehead atoms. The molecule has 0 spiro atoms. The van der Waals surface area contributed by atoms with Gasteiger partial charge in [0, 0.05) is 41.3 Å². The van der Waals surface area contributed by atoms with Crippen LogP contribution in [0.2, 0.25) is 0 Å². The molecule has 0 saturated heterocycles. The van der Waals surface area contributed by atoms with Crippen LogP contribution in [-0.2, 0) is 0 Å². The van der Waals surface area contributed by atoms with Crippen molar-refractivity contribution >= 4 is 35.7 Å². The molecular formula is C28H56N14. The van der Waals surface area contributed by atoms with E-state index in [1.165, 1.54) is 64.2 Å². The summed E-state index contributed by atoms with van der Waals surface area (Å²) in [6.07, 6.45) is 15.3. The van der Waals surface area contributed by atoms with Gasteiger partial charge < -0.3 is 42.5 Å². The Bertz CT molecular complexity index is 894. The molecule has 238 valence electrons. The summed E-state index contributed by atoms with van der Waals surface area (Å²) in [6, 6.07) is 0. The predicted octanol–water partition coefficient (Wildman–Crippen LogP) is 2.74. The van der Waals surface area contributed by atoms with Crippen LogP contribution in [0.3, 0.4) is 0 Å². The first-order valence-corrected chi connectivity index (χ1v) is 15.6. The molecule has 0 amide bonds. The molecule has 0 aliphatic heterocycles. The van der Waals surface area contributed by atoms with E-state index in [0.717, 1.165) is 52.1 Å². The number of aromatic nitrogens is 6. The second-order valence-corrected chi connectivity index (χ2v) is 11.0. The molecule has 2 aromatic rings. The van der Waals surface area contributed by atoms with E-state index in [2.05, 4.69) is 51.2 Å². The highest BCUT2D eigenvalue weighted by atomic mass is 15.3. The topological polar surface area (TPSA) is 184 Å². The van der Waals surface area contributed by atoms with Gasteiger partial charge in [0.2, 0.25) is 35.7 Å². The molecule has 0 saturated carbocycles. The fourth-order valence-corrected chi connectivity index (χ4v) is 4.31. The van der Waals surface area contributed by atoms with Gasteiger partial charge in [-0.3, -0.25) is 0 Å². The van der Waals surface area contributed by atoms with Crippen molar-refractivity contribution in [3.05, 3.63) is 0 Å². The first kappa shape index (κ1) is 34.9. The molecule has 14 heteroatoms. The maximum absolute atomic E-state index is 5.75. The number of anilines is 6. The van der Waals surface area contributed by atoms with E-state index in [0.29, 0.717) is 23.8 Å². The van der Waals surface area contributed by atoms with Crippen molar-refractivity contribution in [1.29, 1.82) is 0 Å². The number of rotatable bonds is 25. The molecule has 42 heavy (non-hydrogen) atoms. The molecule has 0 unspecified atom stereocenters. The summed E-state index contributed by atoms with van der Waals surface area (Å²) >= 11 is 0. The molecular weight excluding hydrogens is 532 g/mol.